The Morgan fingerprint density at radius 2 is 2.00 bits per heavy atom. The fourth-order valence-electron chi connectivity index (χ4n) is 2.44. The molecule has 0 spiro atoms. The lowest BCUT2D eigenvalue weighted by Crippen LogP contribution is -2.36. The minimum Gasteiger partial charge on any atom is -0.368 e. The first-order chi connectivity index (χ1) is 13.0. The van der Waals surface area contributed by atoms with Crippen LogP contribution in [0.2, 0.25) is 0 Å². The number of thiocarbonyl (C=S) groups is 1. The minimum absolute atomic E-state index is 0.0759. The summed E-state index contributed by atoms with van der Waals surface area (Å²) >= 11 is 5.30. The highest BCUT2D eigenvalue weighted by molar-refractivity contribution is 7.80. The Morgan fingerprint density at radius 3 is 2.50 bits per heavy atom. The smallest absolute Gasteiger partial charge is 0.271 e. The second-order valence-electron chi connectivity index (χ2n) is 8.05. The Morgan fingerprint density at radius 1 is 1.36 bits per heavy atom. The molecule has 1 unspecified atom stereocenters. The summed E-state index contributed by atoms with van der Waals surface area (Å²) in [5.74, 6) is -0.392. The van der Waals surface area contributed by atoms with E-state index in [0.717, 1.165) is 12.8 Å². The molecule has 1 aromatic rings. The molecular formula is C18H27N7O2S. The maximum Gasteiger partial charge on any atom is 0.271 e. The van der Waals surface area contributed by atoms with Crippen molar-refractivity contribution in [3.8, 4) is 0 Å². The lowest BCUT2D eigenvalue weighted by atomic mass is 9.88. The number of nitrogens with two attached hydrogens (primary N) is 2. The second-order valence-corrected chi connectivity index (χ2v) is 8.54. The number of carbonyl (C=O) groups is 2. The predicted molar refractivity (Wildman–Crippen MR) is 113 cm³/mol. The molecule has 1 atom stereocenters. The number of amides is 2. The van der Waals surface area contributed by atoms with E-state index in [1.54, 1.807) is 0 Å². The average Bonchev–Trinajstić information content (AvgIpc) is 3.37. The number of aromatic nitrogens is 2. The first-order valence-corrected chi connectivity index (χ1v) is 9.48. The van der Waals surface area contributed by atoms with E-state index in [-0.39, 0.29) is 29.2 Å². The number of nitrogens with one attached hydrogen (secondary N) is 3. The van der Waals surface area contributed by atoms with Crippen LogP contribution in [0.1, 0.15) is 56.9 Å². The van der Waals surface area contributed by atoms with E-state index in [2.05, 4.69) is 20.6 Å². The molecule has 152 valence electrons. The summed E-state index contributed by atoms with van der Waals surface area (Å²) < 4.78 is 0. The van der Waals surface area contributed by atoms with Crippen LogP contribution >= 0.6 is 12.2 Å². The summed E-state index contributed by atoms with van der Waals surface area (Å²) in [6.45, 7) is 5.75. The van der Waals surface area contributed by atoms with Gasteiger partial charge in [0.1, 0.15) is 11.9 Å². The van der Waals surface area contributed by atoms with Gasteiger partial charge in [-0.3, -0.25) is 9.59 Å². The summed E-state index contributed by atoms with van der Waals surface area (Å²) in [7, 11) is 0. The third-order valence-corrected chi connectivity index (χ3v) is 4.68. The van der Waals surface area contributed by atoms with Gasteiger partial charge >= 0.3 is 0 Å². The van der Waals surface area contributed by atoms with Crippen molar-refractivity contribution in [2.24, 2.45) is 22.8 Å². The number of hydrogen-bond donors (Lipinski definition) is 5. The summed E-state index contributed by atoms with van der Waals surface area (Å²) in [6.07, 6.45) is 4.33. The van der Waals surface area contributed by atoms with Crippen molar-refractivity contribution in [3.63, 3.8) is 0 Å². The fourth-order valence-corrected chi connectivity index (χ4v) is 2.68. The van der Waals surface area contributed by atoms with Crippen molar-refractivity contribution in [3.05, 3.63) is 11.9 Å². The number of primary amides is 2. The maximum absolute atomic E-state index is 11.7. The molecule has 1 saturated carbocycles. The fraction of sp³-hybridized carbons (Fsp3) is 0.556. The van der Waals surface area contributed by atoms with Crippen LogP contribution in [-0.2, 0) is 4.79 Å². The van der Waals surface area contributed by atoms with E-state index < -0.39 is 17.9 Å². The topological polar surface area (TPSA) is 160 Å². The van der Waals surface area contributed by atoms with E-state index in [4.69, 9.17) is 29.1 Å². The van der Waals surface area contributed by atoms with Gasteiger partial charge in [-0.15, -0.1) is 0 Å². The highest BCUT2D eigenvalue weighted by atomic mass is 32.1. The monoisotopic (exact) mass is 405 g/mol. The zero-order valence-corrected chi connectivity index (χ0v) is 17.2. The molecule has 2 rings (SSSR count). The molecule has 2 amide bonds. The summed E-state index contributed by atoms with van der Waals surface area (Å²) in [4.78, 5) is 32.0. The lowest BCUT2D eigenvalue weighted by Gasteiger charge is -2.21. The van der Waals surface area contributed by atoms with Crippen molar-refractivity contribution in [1.29, 1.82) is 5.41 Å². The van der Waals surface area contributed by atoms with Crippen molar-refractivity contribution >= 4 is 46.4 Å². The Bertz CT molecular complexity index is 800. The zero-order valence-electron chi connectivity index (χ0n) is 16.3. The molecule has 0 aliphatic heterocycles. The van der Waals surface area contributed by atoms with Crippen molar-refractivity contribution in [2.45, 2.75) is 52.5 Å². The first-order valence-electron chi connectivity index (χ1n) is 9.07. The number of anilines is 2. The third-order valence-electron chi connectivity index (χ3n) is 4.44. The van der Waals surface area contributed by atoms with Crippen molar-refractivity contribution in [2.75, 3.05) is 10.6 Å². The molecule has 0 radical (unpaired) electrons. The molecule has 0 bridgehead atoms. The molecular weight excluding hydrogens is 378 g/mol. The van der Waals surface area contributed by atoms with Crippen LogP contribution < -0.4 is 22.1 Å². The van der Waals surface area contributed by atoms with Crippen LogP contribution in [0.3, 0.4) is 0 Å². The van der Waals surface area contributed by atoms with Gasteiger partial charge in [0.05, 0.1) is 11.2 Å². The number of nitrogens with zero attached hydrogens (tertiary/aromatic N) is 2. The van der Waals surface area contributed by atoms with Gasteiger partial charge in [0.2, 0.25) is 5.91 Å². The SMILES string of the molecule is CC(C)(C)C(=N)CC(=S)Nc1nc(NC(CC2CC2)C(N)=O)cnc1C(N)=O. The molecule has 1 aliphatic rings. The van der Waals surface area contributed by atoms with Crippen LogP contribution in [0.15, 0.2) is 6.20 Å². The summed E-state index contributed by atoms with van der Waals surface area (Å²) in [6, 6.07) is -0.574. The normalized spacial score (nSPS) is 14.8. The molecule has 7 N–H and O–H groups in total. The molecule has 9 nitrogen and oxygen atoms in total. The first kappa shape index (κ1) is 21.7. The molecule has 1 aliphatic carbocycles. The largest absolute Gasteiger partial charge is 0.368 e. The second kappa shape index (κ2) is 8.59. The van der Waals surface area contributed by atoms with Gasteiger partial charge in [0.25, 0.3) is 5.91 Å². The van der Waals surface area contributed by atoms with Crippen molar-refractivity contribution in [1.82, 2.24) is 9.97 Å². The minimum atomic E-state index is -0.764. The summed E-state index contributed by atoms with van der Waals surface area (Å²) in [5, 5.41) is 13.9. The van der Waals surface area contributed by atoms with Crippen LogP contribution in [-0.4, -0.2) is 38.5 Å². The van der Waals surface area contributed by atoms with E-state index in [1.165, 1.54) is 6.20 Å². The highest BCUT2D eigenvalue weighted by Gasteiger charge is 2.29. The van der Waals surface area contributed by atoms with Crippen LogP contribution in [0.25, 0.3) is 0 Å². The van der Waals surface area contributed by atoms with E-state index in [1.807, 2.05) is 20.8 Å². The number of rotatable bonds is 9. The van der Waals surface area contributed by atoms with Crippen LogP contribution in [0, 0.1) is 16.7 Å². The Balaban J connectivity index is 2.17. The number of hydrogen-bond acceptors (Lipinski definition) is 7. The lowest BCUT2D eigenvalue weighted by molar-refractivity contribution is -0.118. The zero-order chi connectivity index (χ0) is 21.1. The quantitative estimate of drug-likeness (QED) is 0.309. The molecule has 1 heterocycles. The van der Waals surface area contributed by atoms with Crippen LogP contribution in [0.4, 0.5) is 11.6 Å². The van der Waals surface area contributed by atoms with Crippen molar-refractivity contribution < 1.29 is 9.59 Å². The molecule has 0 saturated heterocycles. The van der Waals surface area contributed by atoms with Gasteiger partial charge in [0.15, 0.2) is 11.5 Å². The molecule has 1 aromatic heterocycles. The van der Waals surface area contributed by atoms with E-state index in [0.29, 0.717) is 23.0 Å². The highest BCUT2D eigenvalue weighted by Crippen LogP contribution is 2.34. The van der Waals surface area contributed by atoms with Gasteiger partial charge in [-0.1, -0.05) is 45.8 Å². The van der Waals surface area contributed by atoms with Gasteiger partial charge in [0, 0.05) is 12.1 Å². The Labute approximate surface area is 169 Å². The number of carbonyl (C=O) groups excluding carboxylic acids is 2. The van der Waals surface area contributed by atoms with Gasteiger partial charge in [-0.2, -0.15) is 0 Å². The predicted octanol–water partition coefficient (Wildman–Crippen LogP) is 1.84. The van der Waals surface area contributed by atoms with E-state index in [9.17, 15) is 9.59 Å². The Hall–Kier alpha value is -2.62. The van der Waals surface area contributed by atoms with Gasteiger partial charge < -0.3 is 27.5 Å². The van der Waals surface area contributed by atoms with Gasteiger partial charge in [-0.25, -0.2) is 9.97 Å². The van der Waals surface area contributed by atoms with Gasteiger partial charge in [-0.05, 0) is 17.8 Å². The maximum atomic E-state index is 11.7. The standard InChI is InChI=1S/C18H27N7O2S/c1-18(2,3)11(19)7-13(28)25-17-14(16(21)27)22-8-12(24-17)23-10(15(20)26)6-9-4-5-9/h8-10,19H,4-7H2,1-3H3,(H2,20,26)(H2,21,27)(H2,23,24,25,28). The van der Waals surface area contributed by atoms with Crippen LogP contribution in [0.5, 0.6) is 0 Å². The molecule has 1 fully saturated rings. The molecule has 10 heteroatoms. The molecule has 0 aromatic carbocycles. The Kier molecular flexibility index (Phi) is 6.65. The average molecular weight is 406 g/mol. The van der Waals surface area contributed by atoms with E-state index >= 15 is 0 Å². The summed E-state index contributed by atoms with van der Waals surface area (Å²) in [5.41, 5.74) is 10.9. The third kappa shape index (κ3) is 6.22. The molecule has 28 heavy (non-hydrogen) atoms.